The van der Waals surface area contributed by atoms with Crippen molar-refractivity contribution in [1.29, 1.82) is 0 Å². The number of rotatable bonds is 5. The van der Waals surface area contributed by atoms with Crippen LogP contribution in [0, 0.1) is 0 Å². The second-order valence-electron chi connectivity index (χ2n) is 6.28. The molecule has 0 aliphatic carbocycles. The average Bonchev–Trinajstić information content (AvgIpc) is 3.04. The molecule has 25 heavy (non-hydrogen) atoms. The van der Waals surface area contributed by atoms with Gasteiger partial charge >= 0.3 is 6.09 Å². The zero-order valence-electron chi connectivity index (χ0n) is 14.5. The van der Waals surface area contributed by atoms with Crippen molar-refractivity contribution < 1.29 is 18.8 Å². The Labute approximate surface area is 146 Å². The first-order valence-corrected chi connectivity index (χ1v) is 8.44. The van der Waals surface area contributed by atoms with Crippen LogP contribution >= 0.6 is 0 Å². The number of ether oxygens (including phenoxy) is 2. The molecule has 1 amide bonds. The van der Waals surface area contributed by atoms with Crippen molar-refractivity contribution in [3.8, 4) is 5.75 Å². The summed E-state index contributed by atoms with van der Waals surface area (Å²) in [7, 11) is 0. The molecule has 3 rings (SSSR count). The molecule has 2 heterocycles. The standard InChI is InChI=1S/C18H23N3O4/c1-13(11-21-8-9-23-14(2)12-21)16-10-17(20-25-16)19-18(22)24-15-6-4-3-5-7-15/h3-7,10,13-14H,8-9,11-12H2,1-2H3,(H,19,20,22). The van der Waals surface area contributed by atoms with Crippen LogP contribution in [0.25, 0.3) is 0 Å². The Morgan fingerprint density at radius 2 is 2.24 bits per heavy atom. The molecular formula is C18H23N3O4. The maximum absolute atomic E-state index is 11.9. The zero-order valence-corrected chi connectivity index (χ0v) is 14.5. The van der Waals surface area contributed by atoms with E-state index in [1.807, 2.05) is 6.07 Å². The van der Waals surface area contributed by atoms with Crippen molar-refractivity contribution in [1.82, 2.24) is 10.1 Å². The van der Waals surface area contributed by atoms with Crippen molar-refractivity contribution in [2.75, 3.05) is 31.6 Å². The summed E-state index contributed by atoms with van der Waals surface area (Å²) < 4.78 is 16.1. The summed E-state index contributed by atoms with van der Waals surface area (Å²) in [6.45, 7) is 7.59. The zero-order chi connectivity index (χ0) is 17.6. The first-order chi connectivity index (χ1) is 12.1. The van der Waals surface area contributed by atoms with Crippen LogP contribution in [0.1, 0.15) is 25.5 Å². The van der Waals surface area contributed by atoms with Gasteiger partial charge in [0.1, 0.15) is 11.5 Å². The monoisotopic (exact) mass is 345 g/mol. The molecule has 2 unspecified atom stereocenters. The van der Waals surface area contributed by atoms with Crippen LogP contribution in [0.5, 0.6) is 5.75 Å². The maximum atomic E-state index is 11.9. The maximum Gasteiger partial charge on any atom is 0.418 e. The van der Waals surface area contributed by atoms with E-state index in [4.69, 9.17) is 14.0 Å². The summed E-state index contributed by atoms with van der Waals surface area (Å²) in [4.78, 5) is 14.2. The van der Waals surface area contributed by atoms with E-state index in [2.05, 4.69) is 29.2 Å². The minimum Gasteiger partial charge on any atom is -0.410 e. The molecule has 0 spiro atoms. The number of hydrogen-bond donors (Lipinski definition) is 1. The molecule has 2 atom stereocenters. The van der Waals surface area contributed by atoms with E-state index < -0.39 is 6.09 Å². The Morgan fingerprint density at radius 3 is 3.00 bits per heavy atom. The number of benzene rings is 1. The van der Waals surface area contributed by atoms with Crippen molar-refractivity contribution >= 4 is 11.9 Å². The third-order valence-corrected chi connectivity index (χ3v) is 4.06. The van der Waals surface area contributed by atoms with Crippen LogP contribution in [0.3, 0.4) is 0 Å². The number of anilines is 1. The number of hydrogen-bond acceptors (Lipinski definition) is 6. The van der Waals surface area contributed by atoms with E-state index in [0.29, 0.717) is 11.6 Å². The second kappa shape index (κ2) is 8.13. The molecular weight excluding hydrogens is 322 g/mol. The molecule has 1 saturated heterocycles. The fraction of sp³-hybridized carbons (Fsp3) is 0.444. The molecule has 134 valence electrons. The van der Waals surface area contributed by atoms with Gasteiger partial charge < -0.3 is 14.0 Å². The Hall–Kier alpha value is -2.38. The smallest absolute Gasteiger partial charge is 0.410 e. The number of carbonyl (C=O) groups is 1. The van der Waals surface area contributed by atoms with Gasteiger partial charge in [-0.1, -0.05) is 30.3 Å². The van der Waals surface area contributed by atoms with Crippen molar-refractivity contribution in [2.45, 2.75) is 25.9 Å². The minimum atomic E-state index is -0.597. The number of aromatic nitrogens is 1. The molecule has 1 fully saturated rings. The average molecular weight is 345 g/mol. The van der Waals surface area contributed by atoms with Crippen LogP contribution in [0.4, 0.5) is 10.6 Å². The van der Waals surface area contributed by atoms with E-state index in [0.717, 1.165) is 32.0 Å². The van der Waals surface area contributed by atoms with Gasteiger partial charge in [0.05, 0.1) is 12.7 Å². The van der Waals surface area contributed by atoms with E-state index in [-0.39, 0.29) is 12.0 Å². The van der Waals surface area contributed by atoms with Crippen LogP contribution in [-0.2, 0) is 4.74 Å². The first kappa shape index (κ1) is 17.4. The van der Waals surface area contributed by atoms with Gasteiger partial charge in [-0.2, -0.15) is 0 Å². The molecule has 1 aliphatic rings. The molecule has 7 heteroatoms. The Bertz CT molecular complexity index is 689. The lowest BCUT2D eigenvalue weighted by molar-refractivity contribution is -0.0202. The highest BCUT2D eigenvalue weighted by atomic mass is 16.6. The van der Waals surface area contributed by atoms with Gasteiger partial charge in [0.2, 0.25) is 0 Å². The van der Waals surface area contributed by atoms with Gasteiger partial charge in [0.15, 0.2) is 5.82 Å². The fourth-order valence-electron chi connectivity index (χ4n) is 2.84. The van der Waals surface area contributed by atoms with Crippen molar-refractivity contribution in [2.24, 2.45) is 0 Å². The molecule has 1 aliphatic heterocycles. The van der Waals surface area contributed by atoms with E-state index in [9.17, 15) is 4.79 Å². The summed E-state index contributed by atoms with van der Waals surface area (Å²) in [5.74, 6) is 1.71. The lowest BCUT2D eigenvalue weighted by Gasteiger charge is -2.32. The summed E-state index contributed by atoms with van der Waals surface area (Å²) in [5, 5.41) is 6.47. The Kier molecular flexibility index (Phi) is 5.67. The van der Waals surface area contributed by atoms with Crippen molar-refractivity contribution in [3.63, 3.8) is 0 Å². The third kappa shape index (κ3) is 5.04. The van der Waals surface area contributed by atoms with E-state index in [1.54, 1.807) is 30.3 Å². The van der Waals surface area contributed by atoms with Gasteiger partial charge in [-0.05, 0) is 19.1 Å². The molecule has 0 saturated carbocycles. The minimum absolute atomic E-state index is 0.165. The SMILES string of the molecule is CC1CN(CC(C)c2cc(NC(=O)Oc3ccccc3)no2)CCO1. The number of carbonyl (C=O) groups excluding carboxylic acids is 1. The predicted octanol–water partition coefficient (Wildman–Crippen LogP) is 3.11. The van der Waals surface area contributed by atoms with Crippen LogP contribution < -0.4 is 10.1 Å². The quantitative estimate of drug-likeness (QED) is 0.897. The molecule has 1 aromatic heterocycles. The molecule has 1 aromatic carbocycles. The van der Waals surface area contributed by atoms with Gasteiger partial charge in [-0.3, -0.25) is 10.2 Å². The van der Waals surface area contributed by atoms with Gasteiger partial charge in [-0.25, -0.2) is 4.79 Å². The Balaban J connectivity index is 1.52. The summed E-state index contributed by atoms with van der Waals surface area (Å²) in [6.07, 6.45) is -0.346. The molecule has 1 N–H and O–H groups in total. The highest BCUT2D eigenvalue weighted by Crippen LogP contribution is 2.21. The molecule has 0 bridgehead atoms. The molecule has 0 radical (unpaired) electrons. The highest BCUT2D eigenvalue weighted by molar-refractivity contribution is 5.85. The van der Waals surface area contributed by atoms with Crippen molar-refractivity contribution in [3.05, 3.63) is 42.2 Å². The fourth-order valence-corrected chi connectivity index (χ4v) is 2.84. The number of morpholine rings is 1. The van der Waals surface area contributed by atoms with Gasteiger partial charge in [0, 0.05) is 31.6 Å². The summed E-state index contributed by atoms with van der Waals surface area (Å²) in [6, 6.07) is 10.6. The third-order valence-electron chi connectivity index (χ3n) is 4.06. The van der Waals surface area contributed by atoms with Crippen LogP contribution in [-0.4, -0.2) is 48.5 Å². The van der Waals surface area contributed by atoms with Crippen LogP contribution in [0.15, 0.2) is 40.9 Å². The largest absolute Gasteiger partial charge is 0.418 e. The normalized spacial score (nSPS) is 19.4. The number of para-hydroxylation sites is 1. The first-order valence-electron chi connectivity index (χ1n) is 8.44. The Morgan fingerprint density at radius 1 is 1.44 bits per heavy atom. The number of amides is 1. The highest BCUT2D eigenvalue weighted by Gasteiger charge is 2.21. The number of nitrogens with zero attached hydrogens (tertiary/aromatic N) is 2. The topological polar surface area (TPSA) is 76.8 Å². The summed E-state index contributed by atoms with van der Waals surface area (Å²) >= 11 is 0. The summed E-state index contributed by atoms with van der Waals surface area (Å²) in [5.41, 5.74) is 0. The molecule has 7 nitrogen and oxygen atoms in total. The lowest BCUT2D eigenvalue weighted by atomic mass is 10.1. The number of nitrogens with one attached hydrogen (secondary N) is 1. The van der Waals surface area contributed by atoms with Crippen LogP contribution in [0.2, 0.25) is 0 Å². The van der Waals surface area contributed by atoms with Gasteiger partial charge in [-0.15, -0.1) is 0 Å². The van der Waals surface area contributed by atoms with E-state index in [1.165, 1.54) is 0 Å². The predicted molar refractivity (Wildman–Crippen MR) is 92.9 cm³/mol. The molecule has 2 aromatic rings. The van der Waals surface area contributed by atoms with Gasteiger partial charge in [0.25, 0.3) is 0 Å². The lowest BCUT2D eigenvalue weighted by Crippen LogP contribution is -2.42. The van der Waals surface area contributed by atoms with E-state index >= 15 is 0 Å². The second-order valence-corrected chi connectivity index (χ2v) is 6.28.